The summed E-state index contributed by atoms with van der Waals surface area (Å²) in [7, 11) is 0. The first kappa shape index (κ1) is 14.7. The van der Waals surface area contributed by atoms with Gasteiger partial charge < -0.3 is 4.74 Å². The molecule has 1 aromatic heterocycles. The first-order valence-electron chi connectivity index (χ1n) is 6.81. The van der Waals surface area contributed by atoms with Crippen LogP contribution >= 0.6 is 0 Å². The summed E-state index contributed by atoms with van der Waals surface area (Å²) in [4.78, 5) is 4.33. The molecule has 0 aliphatic rings. The highest BCUT2D eigenvalue weighted by Gasteiger charge is 2.24. The van der Waals surface area contributed by atoms with Gasteiger partial charge in [0.05, 0.1) is 6.04 Å². The van der Waals surface area contributed by atoms with Crippen LogP contribution in [0.1, 0.15) is 35.9 Å². The minimum absolute atomic E-state index is 0.134. The predicted molar refractivity (Wildman–Crippen MR) is 79.8 cm³/mol. The van der Waals surface area contributed by atoms with Crippen molar-refractivity contribution in [2.75, 3.05) is 6.61 Å². The summed E-state index contributed by atoms with van der Waals surface area (Å²) in [5, 5.41) is 0. The summed E-state index contributed by atoms with van der Waals surface area (Å²) < 4.78 is 5.90. The number of ether oxygens (including phenoxy) is 1. The molecule has 0 aliphatic carbocycles. The van der Waals surface area contributed by atoms with Gasteiger partial charge in [-0.05, 0) is 31.0 Å². The van der Waals surface area contributed by atoms with Crippen LogP contribution < -0.4 is 11.3 Å². The molecule has 0 spiro atoms. The van der Waals surface area contributed by atoms with Gasteiger partial charge in [-0.3, -0.25) is 10.8 Å². The van der Waals surface area contributed by atoms with Gasteiger partial charge in [0.25, 0.3) is 0 Å². The van der Waals surface area contributed by atoms with Crippen LogP contribution in [0.5, 0.6) is 0 Å². The van der Waals surface area contributed by atoms with E-state index in [0.29, 0.717) is 6.61 Å². The largest absolute Gasteiger partial charge is 0.372 e. The van der Waals surface area contributed by atoms with E-state index in [1.54, 1.807) is 0 Å². The molecule has 2 unspecified atom stereocenters. The molecule has 0 amide bonds. The highest BCUT2D eigenvalue weighted by Crippen LogP contribution is 2.31. The zero-order valence-corrected chi connectivity index (χ0v) is 11.9. The smallest absolute Gasteiger partial charge is 0.103 e. The molecule has 0 aliphatic heterocycles. The van der Waals surface area contributed by atoms with Gasteiger partial charge in [-0.15, -0.1) is 0 Å². The van der Waals surface area contributed by atoms with Crippen molar-refractivity contribution in [2.24, 2.45) is 5.84 Å². The Morgan fingerprint density at radius 1 is 1.15 bits per heavy atom. The Morgan fingerprint density at radius 2 is 1.90 bits per heavy atom. The van der Waals surface area contributed by atoms with E-state index in [1.807, 2.05) is 62.5 Å². The van der Waals surface area contributed by atoms with Gasteiger partial charge in [0, 0.05) is 18.5 Å². The standard InChI is InChI=1S/C16H21N3O/c1-3-20-16(13-7-5-4-6-8-13)15(19-17)14-10-9-12(2)18-11-14/h4-11,15-16,19H,3,17H2,1-2H3. The normalized spacial score (nSPS) is 13.9. The number of aryl methyl sites for hydroxylation is 1. The number of nitrogens with two attached hydrogens (primary N) is 1. The zero-order chi connectivity index (χ0) is 14.4. The maximum absolute atomic E-state index is 5.90. The van der Waals surface area contributed by atoms with Crippen molar-refractivity contribution in [3.8, 4) is 0 Å². The van der Waals surface area contributed by atoms with Gasteiger partial charge in [-0.25, -0.2) is 5.43 Å². The molecule has 0 fully saturated rings. The van der Waals surface area contributed by atoms with Gasteiger partial charge in [0.2, 0.25) is 0 Å². The molecule has 0 saturated carbocycles. The molecule has 4 nitrogen and oxygen atoms in total. The van der Waals surface area contributed by atoms with E-state index >= 15 is 0 Å². The molecular weight excluding hydrogens is 250 g/mol. The highest BCUT2D eigenvalue weighted by molar-refractivity contribution is 5.25. The van der Waals surface area contributed by atoms with Crippen molar-refractivity contribution >= 4 is 0 Å². The number of hydrogen-bond acceptors (Lipinski definition) is 4. The average molecular weight is 271 g/mol. The first-order valence-corrected chi connectivity index (χ1v) is 6.81. The Labute approximate surface area is 120 Å². The Bertz CT molecular complexity index is 513. The van der Waals surface area contributed by atoms with Crippen LogP contribution in [0.2, 0.25) is 0 Å². The minimum Gasteiger partial charge on any atom is -0.372 e. The van der Waals surface area contributed by atoms with E-state index < -0.39 is 0 Å². The maximum Gasteiger partial charge on any atom is 0.103 e. The van der Waals surface area contributed by atoms with Crippen LogP contribution in [0.4, 0.5) is 0 Å². The van der Waals surface area contributed by atoms with Gasteiger partial charge in [0.1, 0.15) is 6.10 Å². The summed E-state index contributed by atoms with van der Waals surface area (Å²) in [5.41, 5.74) is 5.95. The van der Waals surface area contributed by atoms with Crippen LogP contribution in [0.3, 0.4) is 0 Å². The molecular formula is C16H21N3O. The number of nitrogens with zero attached hydrogens (tertiary/aromatic N) is 1. The number of pyridine rings is 1. The monoisotopic (exact) mass is 271 g/mol. The van der Waals surface area contributed by atoms with Gasteiger partial charge in [-0.2, -0.15) is 0 Å². The lowest BCUT2D eigenvalue weighted by atomic mass is 9.97. The Morgan fingerprint density at radius 3 is 2.45 bits per heavy atom. The fraction of sp³-hybridized carbons (Fsp3) is 0.312. The van der Waals surface area contributed by atoms with Gasteiger partial charge in [0.15, 0.2) is 0 Å². The third-order valence-corrected chi connectivity index (χ3v) is 3.25. The van der Waals surface area contributed by atoms with E-state index in [2.05, 4.69) is 10.4 Å². The number of hydrogen-bond donors (Lipinski definition) is 2. The highest BCUT2D eigenvalue weighted by atomic mass is 16.5. The number of nitrogens with one attached hydrogen (secondary N) is 1. The molecule has 1 heterocycles. The number of hydrazine groups is 1. The summed E-state index contributed by atoms with van der Waals surface area (Å²) in [5.74, 6) is 5.75. The number of benzene rings is 1. The first-order chi connectivity index (χ1) is 9.76. The minimum atomic E-state index is -0.143. The molecule has 0 radical (unpaired) electrons. The average Bonchev–Trinajstić information content (AvgIpc) is 2.50. The van der Waals surface area contributed by atoms with Crippen LogP contribution in [0, 0.1) is 6.92 Å². The molecule has 2 rings (SSSR count). The molecule has 0 bridgehead atoms. The van der Waals surface area contributed by atoms with E-state index in [9.17, 15) is 0 Å². The molecule has 4 heteroatoms. The van der Waals surface area contributed by atoms with Crippen molar-refractivity contribution in [1.82, 2.24) is 10.4 Å². The molecule has 2 atom stereocenters. The summed E-state index contributed by atoms with van der Waals surface area (Å²) >= 11 is 0. The second kappa shape index (κ2) is 7.14. The second-order valence-electron chi connectivity index (χ2n) is 4.66. The van der Waals surface area contributed by atoms with Gasteiger partial charge >= 0.3 is 0 Å². The SMILES string of the molecule is CCOC(c1ccccc1)C(NN)c1ccc(C)nc1. The molecule has 0 saturated heterocycles. The van der Waals surface area contributed by atoms with Crippen LogP contribution in [0.15, 0.2) is 48.7 Å². The fourth-order valence-corrected chi connectivity index (χ4v) is 2.23. The van der Waals surface area contributed by atoms with E-state index in [0.717, 1.165) is 16.8 Å². The molecule has 2 aromatic rings. The van der Waals surface area contributed by atoms with Gasteiger partial charge in [-0.1, -0.05) is 36.4 Å². The Hall–Kier alpha value is -1.75. The third-order valence-electron chi connectivity index (χ3n) is 3.25. The summed E-state index contributed by atoms with van der Waals surface area (Å²) in [6.45, 7) is 4.57. The summed E-state index contributed by atoms with van der Waals surface area (Å²) in [6.07, 6.45) is 1.70. The second-order valence-corrected chi connectivity index (χ2v) is 4.66. The lowest BCUT2D eigenvalue weighted by Crippen LogP contribution is -2.34. The fourth-order valence-electron chi connectivity index (χ4n) is 2.23. The van der Waals surface area contributed by atoms with Crippen molar-refractivity contribution in [1.29, 1.82) is 0 Å². The van der Waals surface area contributed by atoms with E-state index in [1.165, 1.54) is 0 Å². The van der Waals surface area contributed by atoms with Crippen LogP contribution in [-0.4, -0.2) is 11.6 Å². The van der Waals surface area contributed by atoms with Crippen molar-refractivity contribution < 1.29 is 4.74 Å². The molecule has 3 N–H and O–H groups in total. The quantitative estimate of drug-likeness (QED) is 0.626. The van der Waals surface area contributed by atoms with Crippen LogP contribution in [-0.2, 0) is 4.74 Å². The van der Waals surface area contributed by atoms with E-state index in [-0.39, 0.29) is 12.1 Å². The lowest BCUT2D eigenvalue weighted by Gasteiger charge is -2.27. The third kappa shape index (κ3) is 3.42. The summed E-state index contributed by atoms with van der Waals surface area (Å²) in [6, 6.07) is 14.0. The molecule has 106 valence electrons. The Kier molecular flexibility index (Phi) is 5.24. The zero-order valence-electron chi connectivity index (χ0n) is 11.9. The predicted octanol–water partition coefficient (Wildman–Crippen LogP) is 2.67. The maximum atomic E-state index is 5.90. The number of rotatable bonds is 6. The van der Waals surface area contributed by atoms with Crippen molar-refractivity contribution in [3.05, 3.63) is 65.5 Å². The lowest BCUT2D eigenvalue weighted by molar-refractivity contribution is 0.0326. The molecule has 20 heavy (non-hydrogen) atoms. The topological polar surface area (TPSA) is 60.2 Å². The Balaban J connectivity index is 2.32. The van der Waals surface area contributed by atoms with E-state index in [4.69, 9.17) is 10.6 Å². The van der Waals surface area contributed by atoms with Crippen molar-refractivity contribution in [2.45, 2.75) is 26.0 Å². The number of aromatic nitrogens is 1. The van der Waals surface area contributed by atoms with Crippen LogP contribution in [0.25, 0.3) is 0 Å². The van der Waals surface area contributed by atoms with Crippen molar-refractivity contribution in [3.63, 3.8) is 0 Å². The molecule has 1 aromatic carbocycles.